The van der Waals surface area contributed by atoms with E-state index in [1.165, 1.54) is 0 Å². The first kappa shape index (κ1) is 15.0. The molecule has 0 aliphatic carbocycles. The van der Waals surface area contributed by atoms with Crippen molar-refractivity contribution in [1.82, 2.24) is 0 Å². The van der Waals surface area contributed by atoms with Crippen molar-refractivity contribution in [2.75, 3.05) is 0 Å². The highest BCUT2D eigenvalue weighted by molar-refractivity contribution is 6.69. The van der Waals surface area contributed by atoms with Gasteiger partial charge in [-0.1, -0.05) is 29.8 Å². The van der Waals surface area contributed by atoms with Gasteiger partial charge in [-0.05, 0) is 50.3 Å². The van der Waals surface area contributed by atoms with E-state index in [-0.39, 0.29) is 0 Å². The molecule has 0 heterocycles. The fourth-order valence-corrected chi connectivity index (χ4v) is 3.07. The van der Waals surface area contributed by atoms with Crippen molar-refractivity contribution >= 4 is 26.0 Å². The second-order valence-corrected chi connectivity index (χ2v) is 10.2. The molecule has 18 heavy (non-hydrogen) atoms. The van der Waals surface area contributed by atoms with Crippen LogP contribution in [0.2, 0.25) is 24.7 Å². The van der Waals surface area contributed by atoms with Crippen LogP contribution >= 0.6 is 11.6 Å². The van der Waals surface area contributed by atoms with E-state index in [0.29, 0.717) is 5.02 Å². The lowest BCUT2D eigenvalue weighted by atomic mass is 10.1. The maximum absolute atomic E-state index is 9.25. The lowest BCUT2D eigenvalue weighted by Gasteiger charge is -2.27. The van der Waals surface area contributed by atoms with Crippen LogP contribution in [0.25, 0.3) is 6.08 Å². The van der Waals surface area contributed by atoms with Gasteiger partial charge >= 0.3 is 0 Å². The summed E-state index contributed by atoms with van der Waals surface area (Å²) in [4.78, 5) is 0. The molecule has 0 fully saturated rings. The molecule has 0 N–H and O–H groups in total. The van der Waals surface area contributed by atoms with Gasteiger partial charge in [-0.15, -0.1) is 0 Å². The van der Waals surface area contributed by atoms with Gasteiger partial charge in [-0.25, -0.2) is 0 Å². The van der Waals surface area contributed by atoms with Crippen LogP contribution in [-0.2, 0) is 4.43 Å². The summed E-state index contributed by atoms with van der Waals surface area (Å²) in [6, 6.07) is 9.68. The molecular weight excluding hydrogens is 262 g/mol. The Kier molecular flexibility index (Phi) is 4.75. The molecule has 0 saturated heterocycles. The zero-order chi connectivity index (χ0) is 13.8. The van der Waals surface area contributed by atoms with E-state index in [4.69, 9.17) is 16.0 Å². The van der Waals surface area contributed by atoms with Crippen molar-refractivity contribution in [1.29, 1.82) is 5.26 Å². The van der Waals surface area contributed by atoms with Gasteiger partial charge < -0.3 is 4.43 Å². The average Bonchev–Trinajstić information content (AvgIpc) is 2.26. The third kappa shape index (κ3) is 5.05. The quantitative estimate of drug-likeness (QED) is 0.761. The molecule has 0 aliphatic rings. The second-order valence-electron chi connectivity index (χ2n) is 5.32. The summed E-state index contributed by atoms with van der Waals surface area (Å²) >= 11 is 5.82. The molecule has 1 unspecified atom stereocenters. The Morgan fingerprint density at radius 3 is 2.28 bits per heavy atom. The lowest BCUT2D eigenvalue weighted by Crippen LogP contribution is -2.38. The van der Waals surface area contributed by atoms with E-state index in [0.717, 1.165) is 5.56 Å². The number of halogens is 1. The van der Waals surface area contributed by atoms with Crippen molar-refractivity contribution in [3.8, 4) is 6.07 Å². The number of nitrogens with zero attached hydrogens (tertiary/aromatic N) is 1. The normalized spacial score (nSPS) is 15.3. The summed E-state index contributed by atoms with van der Waals surface area (Å²) in [6.07, 6.45) is 3.69. The van der Waals surface area contributed by atoms with Gasteiger partial charge in [0.25, 0.3) is 0 Å². The maximum atomic E-state index is 9.25. The van der Waals surface area contributed by atoms with E-state index in [1.54, 1.807) is 13.0 Å². The molecule has 0 bridgehead atoms. The highest BCUT2D eigenvalue weighted by atomic mass is 35.5. The van der Waals surface area contributed by atoms with E-state index in [2.05, 4.69) is 25.7 Å². The lowest BCUT2D eigenvalue weighted by molar-refractivity contribution is 0.193. The molecule has 0 radical (unpaired) electrons. The molecule has 2 nitrogen and oxygen atoms in total. The third-order valence-corrected chi connectivity index (χ3v) is 3.49. The summed E-state index contributed by atoms with van der Waals surface area (Å²) in [6.45, 7) is 7.99. The van der Waals surface area contributed by atoms with Crippen LogP contribution in [0.5, 0.6) is 0 Å². The van der Waals surface area contributed by atoms with Crippen molar-refractivity contribution in [3.63, 3.8) is 0 Å². The van der Waals surface area contributed by atoms with Crippen molar-refractivity contribution in [2.24, 2.45) is 0 Å². The molecule has 1 aromatic carbocycles. The van der Waals surface area contributed by atoms with Gasteiger partial charge in [-0.2, -0.15) is 5.26 Å². The van der Waals surface area contributed by atoms with Crippen molar-refractivity contribution < 1.29 is 4.43 Å². The number of hydrogen-bond donors (Lipinski definition) is 0. The standard InChI is InChI=1S/C14H18ClNOSi/c1-14(11-16,17-18(2,3)4)10-9-12-5-7-13(15)8-6-12/h5-10H,1-4H3/b10-9+. The number of rotatable bonds is 4. The van der Waals surface area contributed by atoms with Crippen LogP contribution in [0.3, 0.4) is 0 Å². The first-order chi connectivity index (χ1) is 8.24. The minimum atomic E-state index is -1.76. The van der Waals surface area contributed by atoms with Gasteiger partial charge in [0, 0.05) is 5.02 Å². The van der Waals surface area contributed by atoms with Crippen LogP contribution < -0.4 is 0 Å². The Hall–Kier alpha value is -1.08. The van der Waals surface area contributed by atoms with E-state index in [9.17, 15) is 5.26 Å². The Labute approximate surface area is 115 Å². The Morgan fingerprint density at radius 1 is 1.28 bits per heavy atom. The predicted octanol–water partition coefficient (Wildman–Crippen LogP) is 4.49. The van der Waals surface area contributed by atoms with Crippen LogP contribution in [0.1, 0.15) is 12.5 Å². The molecule has 0 saturated carbocycles. The maximum Gasteiger partial charge on any atom is 0.186 e. The summed E-state index contributed by atoms with van der Waals surface area (Å²) in [5, 5.41) is 9.95. The molecule has 0 aliphatic heterocycles. The van der Waals surface area contributed by atoms with Crippen molar-refractivity contribution in [3.05, 3.63) is 40.9 Å². The minimum absolute atomic E-state index is 0.702. The largest absolute Gasteiger partial charge is 0.397 e. The SMILES string of the molecule is CC(C#N)(/C=C/c1ccc(Cl)cc1)O[Si](C)(C)C. The second kappa shape index (κ2) is 5.70. The first-order valence-electron chi connectivity index (χ1n) is 5.80. The fraction of sp³-hybridized carbons (Fsp3) is 0.357. The van der Waals surface area contributed by atoms with Crippen LogP contribution in [-0.4, -0.2) is 13.9 Å². The Morgan fingerprint density at radius 2 is 1.83 bits per heavy atom. The Bertz CT molecular complexity index is 470. The summed E-state index contributed by atoms with van der Waals surface area (Å²) in [5.41, 5.74) is 0.129. The summed E-state index contributed by atoms with van der Waals surface area (Å²) in [7, 11) is -1.76. The molecule has 96 valence electrons. The average molecular weight is 280 g/mol. The van der Waals surface area contributed by atoms with Gasteiger partial charge in [0.05, 0.1) is 0 Å². The minimum Gasteiger partial charge on any atom is -0.397 e. The fourth-order valence-electron chi connectivity index (χ4n) is 1.56. The van der Waals surface area contributed by atoms with E-state index < -0.39 is 13.9 Å². The van der Waals surface area contributed by atoms with Crippen LogP contribution in [0.4, 0.5) is 0 Å². The monoisotopic (exact) mass is 279 g/mol. The molecule has 1 aromatic rings. The molecule has 0 spiro atoms. The van der Waals surface area contributed by atoms with Gasteiger partial charge in [-0.3, -0.25) is 0 Å². The van der Waals surface area contributed by atoms with Crippen LogP contribution in [0.15, 0.2) is 30.3 Å². The Balaban J connectivity index is 2.86. The molecule has 0 amide bonds. The zero-order valence-corrected chi connectivity index (χ0v) is 13.0. The smallest absolute Gasteiger partial charge is 0.186 e. The summed E-state index contributed by atoms with van der Waals surface area (Å²) < 4.78 is 5.88. The zero-order valence-electron chi connectivity index (χ0n) is 11.2. The highest BCUT2D eigenvalue weighted by Crippen LogP contribution is 2.20. The number of nitriles is 1. The van der Waals surface area contributed by atoms with Gasteiger partial charge in [0.1, 0.15) is 6.07 Å². The number of hydrogen-bond acceptors (Lipinski definition) is 2. The summed E-state index contributed by atoms with van der Waals surface area (Å²) in [5.74, 6) is 0. The van der Waals surface area contributed by atoms with E-state index in [1.807, 2.05) is 30.3 Å². The molecular formula is C14H18ClNOSi. The van der Waals surface area contributed by atoms with Crippen molar-refractivity contribution in [2.45, 2.75) is 32.2 Å². The molecule has 1 atom stereocenters. The molecule has 0 aromatic heterocycles. The first-order valence-corrected chi connectivity index (χ1v) is 9.59. The topological polar surface area (TPSA) is 33.0 Å². The molecule has 1 rings (SSSR count). The third-order valence-electron chi connectivity index (χ3n) is 2.20. The number of benzene rings is 1. The van der Waals surface area contributed by atoms with Crippen LogP contribution in [0, 0.1) is 11.3 Å². The highest BCUT2D eigenvalue weighted by Gasteiger charge is 2.28. The van der Waals surface area contributed by atoms with Gasteiger partial charge in [0.15, 0.2) is 13.9 Å². The molecule has 4 heteroatoms. The van der Waals surface area contributed by atoms with Gasteiger partial charge in [0.2, 0.25) is 0 Å². The van der Waals surface area contributed by atoms with E-state index >= 15 is 0 Å². The predicted molar refractivity (Wildman–Crippen MR) is 78.9 cm³/mol.